The van der Waals surface area contributed by atoms with Gasteiger partial charge in [0.2, 0.25) is 0 Å². The van der Waals surface area contributed by atoms with E-state index < -0.39 is 11.9 Å². The Hall–Kier alpha value is -3.48. The number of carbonyl (C=O) groups excluding carboxylic acids is 2. The smallest absolute Gasteiger partial charge is 0.280 e. The summed E-state index contributed by atoms with van der Waals surface area (Å²) in [6, 6.07) is 12.7. The quantitative estimate of drug-likeness (QED) is 0.692. The van der Waals surface area contributed by atoms with E-state index >= 15 is 0 Å². The van der Waals surface area contributed by atoms with Crippen molar-refractivity contribution in [1.82, 2.24) is 9.66 Å². The summed E-state index contributed by atoms with van der Waals surface area (Å²) in [4.78, 5) is 41.9. The number of ketones is 1. The summed E-state index contributed by atoms with van der Waals surface area (Å²) in [5.74, 6) is -0.601. The first-order valence-corrected chi connectivity index (χ1v) is 7.75. The van der Waals surface area contributed by atoms with Crippen molar-refractivity contribution in [2.75, 3.05) is 10.7 Å². The molecule has 4 rings (SSSR count). The fourth-order valence-electron chi connectivity index (χ4n) is 2.94. The third-order valence-electron chi connectivity index (χ3n) is 4.18. The number of nitrogens with zero attached hydrogens (tertiary/aromatic N) is 2. The third-order valence-corrected chi connectivity index (χ3v) is 4.18. The molecule has 2 aromatic carbocycles. The van der Waals surface area contributed by atoms with E-state index in [0.717, 1.165) is 4.68 Å². The Bertz CT molecular complexity index is 1090. The molecule has 1 aliphatic heterocycles. The number of hydrogen-bond acceptors (Lipinski definition) is 5. The first kappa shape index (κ1) is 15.1. The van der Waals surface area contributed by atoms with Gasteiger partial charge in [-0.1, -0.05) is 24.3 Å². The van der Waals surface area contributed by atoms with Crippen molar-refractivity contribution in [1.29, 1.82) is 0 Å². The van der Waals surface area contributed by atoms with Crippen LogP contribution in [0.5, 0.6) is 0 Å². The number of rotatable bonds is 2. The molecule has 1 aliphatic rings. The molecule has 1 atom stereocenters. The van der Waals surface area contributed by atoms with E-state index in [2.05, 4.69) is 15.7 Å². The van der Waals surface area contributed by atoms with Crippen LogP contribution in [0.2, 0.25) is 0 Å². The van der Waals surface area contributed by atoms with Crippen LogP contribution in [0, 0.1) is 6.92 Å². The normalized spacial score (nSPS) is 15.7. The maximum Gasteiger partial charge on any atom is 0.280 e. The van der Waals surface area contributed by atoms with Gasteiger partial charge in [0.25, 0.3) is 11.5 Å². The number of carbonyl (C=O) groups is 2. The largest absolute Gasteiger partial charge is 0.367 e. The number of hydrogen-bond donors (Lipinski definition) is 2. The Morgan fingerprint density at radius 1 is 1.12 bits per heavy atom. The lowest BCUT2D eigenvalue weighted by atomic mass is 10.1. The van der Waals surface area contributed by atoms with Crippen molar-refractivity contribution in [3.8, 4) is 0 Å². The van der Waals surface area contributed by atoms with Crippen molar-refractivity contribution in [3.63, 3.8) is 0 Å². The van der Waals surface area contributed by atoms with Crippen molar-refractivity contribution < 1.29 is 9.59 Å². The number of aromatic nitrogens is 2. The van der Waals surface area contributed by atoms with Crippen LogP contribution in [0.3, 0.4) is 0 Å². The van der Waals surface area contributed by atoms with Gasteiger partial charge < -0.3 is 5.32 Å². The molecule has 0 radical (unpaired) electrons. The van der Waals surface area contributed by atoms with E-state index in [9.17, 15) is 14.4 Å². The van der Waals surface area contributed by atoms with Crippen molar-refractivity contribution in [2.45, 2.75) is 13.0 Å². The van der Waals surface area contributed by atoms with E-state index in [1.807, 2.05) is 0 Å². The average molecular weight is 334 g/mol. The van der Waals surface area contributed by atoms with Gasteiger partial charge in [-0.05, 0) is 31.2 Å². The number of nitrogens with one attached hydrogen (secondary N) is 2. The molecule has 1 unspecified atom stereocenters. The molecule has 1 aromatic heterocycles. The lowest BCUT2D eigenvalue weighted by Gasteiger charge is -2.15. The topological polar surface area (TPSA) is 93.1 Å². The van der Waals surface area contributed by atoms with Gasteiger partial charge in [0.05, 0.1) is 10.9 Å². The molecule has 0 spiro atoms. The maximum atomic E-state index is 12.6. The van der Waals surface area contributed by atoms with Crippen LogP contribution in [0.1, 0.15) is 16.2 Å². The fraction of sp³-hybridized carbons (Fsp3) is 0.111. The fourth-order valence-corrected chi connectivity index (χ4v) is 2.94. The van der Waals surface area contributed by atoms with Crippen LogP contribution in [0.15, 0.2) is 53.3 Å². The second kappa shape index (κ2) is 5.55. The molecule has 3 aromatic rings. The van der Waals surface area contributed by atoms with Crippen LogP contribution in [0.4, 0.5) is 5.69 Å². The van der Waals surface area contributed by atoms with Crippen molar-refractivity contribution in [3.05, 3.63) is 70.3 Å². The lowest BCUT2D eigenvalue weighted by Crippen LogP contribution is -2.44. The predicted octanol–water partition coefficient (Wildman–Crippen LogP) is 1.45. The van der Waals surface area contributed by atoms with Crippen LogP contribution in [0.25, 0.3) is 10.9 Å². The number of Topliss-reactive ketones (excluding diaryl/α,β-unsaturated/α-hetero) is 1. The molecule has 1 amide bonds. The summed E-state index contributed by atoms with van der Waals surface area (Å²) < 4.78 is 1.07. The zero-order valence-electron chi connectivity index (χ0n) is 13.3. The van der Waals surface area contributed by atoms with Gasteiger partial charge in [0.1, 0.15) is 5.82 Å². The molecule has 0 saturated carbocycles. The summed E-state index contributed by atoms with van der Waals surface area (Å²) in [6.07, 6.45) is 0. The predicted molar refractivity (Wildman–Crippen MR) is 93.3 cm³/mol. The second-order valence-electron chi connectivity index (χ2n) is 5.78. The molecular formula is C18H14N4O3. The highest BCUT2D eigenvalue weighted by molar-refractivity contribution is 6.22. The minimum Gasteiger partial charge on any atom is -0.367 e. The third kappa shape index (κ3) is 2.37. The molecule has 124 valence electrons. The van der Waals surface area contributed by atoms with Crippen LogP contribution < -0.4 is 16.3 Å². The molecule has 0 bridgehead atoms. The number of para-hydroxylation sites is 2. The Morgan fingerprint density at radius 3 is 2.64 bits per heavy atom. The van der Waals surface area contributed by atoms with Crippen LogP contribution >= 0.6 is 0 Å². The minimum atomic E-state index is -1.07. The minimum absolute atomic E-state index is 0.326. The summed E-state index contributed by atoms with van der Waals surface area (Å²) >= 11 is 0. The van der Waals surface area contributed by atoms with Crippen molar-refractivity contribution in [2.24, 2.45) is 0 Å². The molecule has 7 nitrogen and oxygen atoms in total. The van der Waals surface area contributed by atoms with Crippen LogP contribution in [-0.2, 0) is 4.79 Å². The van der Waals surface area contributed by atoms with E-state index in [-0.39, 0.29) is 11.3 Å². The van der Waals surface area contributed by atoms with Gasteiger partial charge in [-0.15, -0.1) is 0 Å². The Labute approximate surface area is 142 Å². The average Bonchev–Trinajstić information content (AvgIpc) is 2.96. The molecule has 2 N–H and O–H groups in total. The maximum absolute atomic E-state index is 12.6. The van der Waals surface area contributed by atoms with Crippen LogP contribution in [-0.4, -0.2) is 27.4 Å². The number of benzene rings is 2. The highest BCUT2D eigenvalue weighted by Gasteiger charge is 2.35. The van der Waals surface area contributed by atoms with E-state index in [4.69, 9.17) is 0 Å². The SMILES string of the molecule is Cc1nc2ccccc2c(=O)n1NC(=O)C1Nc2ccccc2C1=O. The highest BCUT2D eigenvalue weighted by Crippen LogP contribution is 2.25. The van der Waals surface area contributed by atoms with Gasteiger partial charge in [-0.2, -0.15) is 0 Å². The summed E-state index contributed by atoms with van der Waals surface area (Å²) in [7, 11) is 0. The first-order chi connectivity index (χ1) is 12.1. The van der Waals surface area contributed by atoms with E-state index in [1.165, 1.54) is 0 Å². The van der Waals surface area contributed by atoms with Gasteiger partial charge >= 0.3 is 0 Å². The standard InChI is InChI=1S/C18H14N4O3/c1-10-19-14-9-5-3-7-12(14)18(25)22(10)21-17(24)15-16(23)11-6-2-4-8-13(11)20-15/h2-9,15,20H,1H3,(H,21,24). The molecule has 0 fully saturated rings. The number of amides is 1. The molecule has 7 heteroatoms. The summed E-state index contributed by atoms with van der Waals surface area (Å²) in [6.45, 7) is 1.62. The zero-order chi connectivity index (χ0) is 17.6. The van der Waals surface area contributed by atoms with Crippen molar-refractivity contribution >= 4 is 28.3 Å². The molecule has 25 heavy (non-hydrogen) atoms. The van der Waals surface area contributed by atoms with Gasteiger partial charge in [0, 0.05) is 11.3 Å². The van der Waals surface area contributed by atoms with E-state index in [1.54, 1.807) is 55.5 Å². The monoisotopic (exact) mass is 334 g/mol. The van der Waals surface area contributed by atoms with Gasteiger partial charge in [-0.3, -0.25) is 19.8 Å². The lowest BCUT2D eigenvalue weighted by molar-refractivity contribution is -0.116. The molecule has 2 heterocycles. The first-order valence-electron chi connectivity index (χ1n) is 7.75. The molecular weight excluding hydrogens is 320 g/mol. The Balaban J connectivity index is 1.68. The second-order valence-corrected chi connectivity index (χ2v) is 5.78. The highest BCUT2D eigenvalue weighted by atomic mass is 16.2. The summed E-state index contributed by atoms with van der Waals surface area (Å²) in [5.41, 5.74) is 3.73. The Morgan fingerprint density at radius 2 is 1.84 bits per heavy atom. The van der Waals surface area contributed by atoms with Gasteiger partial charge in [0.15, 0.2) is 11.8 Å². The van der Waals surface area contributed by atoms with Gasteiger partial charge in [-0.25, -0.2) is 9.66 Å². The molecule has 0 saturated heterocycles. The zero-order valence-corrected chi connectivity index (χ0v) is 13.3. The number of anilines is 1. The molecule has 0 aliphatic carbocycles. The number of aryl methyl sites for hydroxylation is 1. The number of fused-ring (bicyclic) bond motifs is 2. The van der Waals surface area contributed by atoms with E-state index in [0.29, 0.717) is 28.0 Å². The Kier molecular flexibility index (Phi) is 3.35. The summed E-state index contributed by atoms with van der Waals surface area (Å²) in [5, 5.41) is 3.27.